The molecular formula is C19H24N2O5S2. The first-order chi connectivity index (χ1) is 12.9. The lowest BCUT2D eigenvalue weighted by Crippen LogP contribution is -2.32. The maximum Gasteiger partial charge on any atom is 0.253 e. The Morgan fingerprint density at radius 2 is 1.57 bits per heavy atom. The molecule has 28 heavy (non-hydrogen) atoms. The van der Waals surface area contributed by atoms with Crippen molar-refractivity contribution in [3.8, 4) is 0 Å². The number of hydrogen-bond donors (Lipinski definition) is 1. The second kappa shape index (κ2) is 8.32. The first-order valence-electron chi connectivity index (χ1n) is 8.59. The Bertz CT molecular complexity index is 1060. The number of sulfone groups is 1. The van der Waals surface area contributed by atoms with E-state index in [4.69, 9.17) is 0 Å². The number of hydrogen-bond acceptors (Lipinski definition) is 5. The Labute approximate surface area is 166 Å². The summed E-state index contributed by atoms with van der Waals surface area (Å²) >= 11 is 0. The largest absolute Gasteiger partial charge is 0.345 e. The molecule has 0 aromatic heterocycles. The van der Waals surface area contributed by atoms with Gasteiger partial charge in [-0.1, -0.05) is 31.2 Å². The summed E-state index contributed by atoms with van der Waals surface area (Å²) in [6, 6.07) is 12.4. The molecule has 152 valence electrons. The summed E-state index contributed by atoms with van der Waals surface area (Å²) in [5, 5.41) is 2.89. The summed E-state index contributed by atoms with van der Waals surface area (Å²) in [5.41, 5.74) is 1.28. The highest BCUT2D eigenvalue weighted by atomic mass is 32.2. The van der Waals surface area contributed by atoms with E-state index in [0.717, 1.165) is 22.4 Å². The predicted octanol–water partition coefficient (Wildman–Crippen LogP) is 2.37. The molecule has 0 bridgehead atoms. The van der Waals surface area contributed by atoms with Gasteiger partial charge in [0.15, 0.2) is 9.84 Å². The van der Waals surface area contributed by atoms with Crippen LogP contribution < -0.4 is 9.62 Å². The van der Waals surface area contributed by atoms with Gasteiger partial charge in [0.2, 0.25) is 10.0 Å². The molecule has 1 N–H and O–H groups in total. The zero-order chi connectivity index (χ0) is 21.1. The lowest BCUT2D eigenvalue weighted by Gasteiger charge is -2.22. The molecule has 1 unspecified atom stereocenters. The Balaban J connectivity index is 2.31. The monoisotopic (exact) mass is 424 g/mol. The van der Waals surface area contributed by atoms with E-state index in [1.165, 1.54) is 19.2 Å². The first kappa shape index (κ1) is 21.9. The van der Waals surface area contributed by atoms with Crippen LogP contribution in [0.25, 0.3) is 0 Å². The predicted molar refractivity (Wildman–Crippen MR) is 110 cm³/mol. The van der Waals surface area contributed by atoms with Crippen molar-refractivity contribution in [2.45, 2.75) is 24.3 Å². The fraction of sp³-hybridized carbons (Fsp3) is 0.316. The number of sulfonamides is 1. The van der Waals surface area contributed by atoms with Gasteiger partial charge in [0.25, 0.3) is 5.91 Å². The van der Waals surface area contributed by atoms with Crippen LogP contribution in [0, 0.1) is 0 Å². The molecule has 9 heteroatoms. The average Bonchev–Trinajstić information content (AvgIpc) is 2.64. The number of carbonyl (C=O) groups is 1. The summed E-state index contributed by atoms with van der Waals surface area (Å²) in [7, 11) is -5.43. The van der Waals surface area contributed by atoms with Gasteiger partial charge in [-0.3, -0.25) is 9.10 Å². The molecule has 2 rings (SSSR count). The fourth-order valence-electron chi connectivity index (χ4n) is 2.72. The Kier molecular flexibility index (Phi) is 6.51. The number of anilines is 1. The van der Waals surface area contributed by atoms with E-state index in [9.17, 15) is 21.6 Å². The number of nitrogens with one attached hydrogen (secondary N) is 1. The number of nitrogens with zero attached hydrogens (tertiary/aromatic N) is 1. The van der Waals surface area contributed by atoms with Crippen molar-refractivity contribution in [2.75, 3.05) is 23.9 Å². The van der Waals surface area contributed by atoms with Gasteiger partial charge in [0, 0.05) is 13.3 Å². The van der Waals surface area contributed by atoms with Gasteiger partial charge in [-0.25, -0.2) is 16.8 Å². The minimum absolute atomic E-state index is 0.206. The van der Waals surface area contributed by atoms with Crippen LogP contribution in [0.5, 0.6) is 0 Å². The SMILES string of the molecule is CCC(NC(=O)c1ccccc1N(C)S(C)(=O)=O)c1ccc(S(C)(=O)=O)cc1. The van der Waals surface area contributed by atoms with Crippen LogP contribution in [0.1, 0.15) is 35.3 Å². The quantitative estimate of drug-likeness (QED) is 0.735. The van der Waals surface area contributed by atoms with Gasteiger partial charge in [-0.2, -0.15) is 0 Å². The average molecular weight is 425 g/mol. The van der Waals surface area contributed by atoms with E-state index in [1.54, 1.807) is 36.4 Å². The zero-order valence-corrected chi connectivity index (χ0v) is 17.8. The molecule has 0 heterocycles. The van der Waals surface area contributed by atoms with E-state index in [2.05, 4.69) is 5.32 Å². The van der Waals surface area contributed by atoms with Gasteiger partial charge < -0.3 is 5.32 Å². The van der Waals surface area contributed by atoms with Crippen molar-refractivity contribution in [3.05, 3.63) is 59.7 Å². The highest BCUT2D eigenvalue weighted by Gasteiger charge is 2.21. The third-order valence-corrected chi connectivity index (χ3v) is 6.73. The lowest BCUT2D eigenvalue weighted by molar-refractivity contribution is 0.0936. The second-order valence-electron chi connectivity index (χ2n) is 6.52. The minimum Gasteiger partial charge on any atom is -0.345 e. The molecule has 0 fully saturated rings. The highest BCUT2D eigenvalue weighted by Crippen LogP contribution is 2.24. The van der Waals surface area contributed by atoms with Gasteiger partial charge in [-0.05, 0) is 36.2 Å². The molecule has 1 amide bonds. The Morgan fingerprint density at radius 1 is 1.00 bits per heavy atom. The first-order valence-corrected chi connectivity index (χ1v) is 12.3. The molecule has 2 aromatic carbocycles. The fourth-order valence-corrected chi connectivity index (χ4v) is 3.87. The summed E-state index contributed by atoms with van der Waals surface area (Å²) in [4.78, 5) is 13.0. The maximum atomic E-state index is 12.8. The molecule has 0 aliphatic rings. The van der Waals surface area contributed by atoms with Crippen LogP contribution in [0.3, 0.4) is 0 Å². The molecule has 0 radical (unpaired) electrons. The molecule has 1 atom stereocenters. The van der Waals surface area contributed by atoms with Crippen LogP contribution in [0.4, 0.5) is 5.69 Å². The van der Waals surface area contributed by atoms with Gasteiger partial charge in [0.1, 0.15) is 0 Å². The minimum atomic E-state index is -3.52. The van der Waals surface area contributed by atoms with Crippen molar-refractivity contribution in [2.24, 2.45) is 0 Å². The number of benzene rings is 2. The van der Waals surface area contributed by atoms with Crippen LogP contribution in [-0.2, 0) is 19.9 Å². The van der Waals surface area contributed by atoms with Crippen molar-refractivity contribution < 1.29 is 21.6 Å². The van der Waals surface area contributed by atoms with Gasteiger partial charge >= 0.3 is 0 Å². The highest BCUT2D eigenvalue weighted by molar-refractivity contribution is 7.92. The molecule has 0 aliphatic carbocycles. The zero-order valence-electron chi connectivity index (χ0n) is 16.2. The number of rotatable bonds is 7. The summed E-state index contributed by atoms with van der Waals surface area (Å²) in [5.74, 6) is -0.412. The van der Waals surface area contributed by atoms with Crippen LogP contribution in [0.2, 0.25) is 0 Å². The maximum absolute atomic E-state index is 12.8. The number of para-hydroxylation sites is 1. The molecular weight excluding hydrogens is 400 g/mol. The van der Waals surface area contributed by atoms with E-state index in [-0.39, 0.29) is 22.2 Å². The number of carbonyl (C=O) groups excluding carboxylic acids is 1. The molecule has 7 nitrogen and oxygen atoms in total. The summed E-state index contributed by atoms with van der Waals surface area (Å²) in [6.45, 7) is 1.89. The standard InChI is InChI=1S/C19H24N2O5S2/c1-5-17(14-10-12-15(13-11-14)27(3,23)24)20-19(22)16-8-6-7-9-18(16)21(2)28(4,25)26/h6-13,17H,5H2,1-4H3,(H,20,22). The van der Waals surface area contributed by atoms with Gasteiger partial charge in [-0.15, -0.1) is 0 Å². The summed E-state index contributed by atoms with van der Waals surface area (Å²) in [6.07, 6.45) is 2.78. The van der Waals surface area contributed by atoms with Crippen molar-refractivity contribution in [1.82, 2.24) is 5.32 Å². The van der Waals surface area contributed by atoms with Crippen molar-refractivity contribution >= 4 is 31.5 Å². The molecule has 0 aliphatic heterocycles. The summed E-state index contributed by atoms with van der Waals surface area (Å²) < 4.78 is 48.0. The normalized spacial score (nSPS) is 13.0. The molecule has 2 aromatic rings. The third-order valence-electron chi connectivity index (χ3n) is 4.41. The van der Waals surface area contributed by atoms with Crippen molar-refractivity contribution in [3.63, 3.8) is 0 Å². The molecule has 0 saturated carbocycles. The topological polar surface area (TPSA) is 101 Å². The van der Waals surface area contributed by atoms with E-state index < -0.39 is 25.8 Å². The Morgan fingerprint density at radius 3 is 2.07 bits per heavy atom. The second-order valence-corrected chi connectivity index (χ2v) is 10.6. The smallest absolute Gasteiger partial charge is 0.253 e. The van der Waals surface area contributed by atoms with Crippen LogP contribution in [-0.4, -0.2) is 42.3 Å². The van der Waals surface area contributed by atoms with Crippen molar-refractivity contribution in [1.29, 1.82) is 0 Å². The third kappa shape index (κ3) is 5.11. The van der Waals surface area contributed by atoms with Crippen LogP contribution in [0.15, 0.2) is 53.4 Å². The van der Waals surface area contributed by atoms with Crippen LogP contribution >= 0.6 is 0 Å². The van der Waals surface area contributed by atoms with Gasteiger partial charge in [0.05, 0.1) is 28.4 Å². The number of amides is 1. The van der Waals surface area contributed by atoms with E-state index in [0.29, 0.717) is 6.42 Å². The van der Waals surface area contributed by atoms with E-state index in [1.807, 2.05) is 6.92 Å². The van der Waals surface area contributed by atoms with E-state index >= 15 is 0 Å². The molecule has 0 spiro atoms. The molecule has 0 saturated heterocycles. The Hall–Kier alpha value is -2.39. The lowest BCUT2D eigenvalue weighted by atomic mass is 10.0.